The molecule has 0 fully saturated rings. The second-order valence-electron chi connectivity index (χ2n) is 4.51. The molecule has 1 aromatic heterocycles. The number of carbonyl (C=O) groups is 1. The monoisotopic (exact) mass is 289 g/mol. The van der Waals surface area contributed by atoms with E-state index in [2.05, 4.69) is 10.3 Å². The zero-order valence-electron chi connectivity index (χ0n) is 12.3. The third-order valence-corrected chi connectivity index (χ3v) is 3.02. The summed E-state index contributed by atoms with van der Waals surface area (Å²) in [6.45, 7) is 3.04. The lowest BCUT2D eigenvalue weighted by molar-refractivity contribution is 0.0592. The molecule has 6 nitrogen and oxygen atoms in total. The zero-order valence-corrected chi connectivity index (χ0v) is 12.3. The van der Waals surface area contributed by atoms with E-state index in [1.165, 1.54) is 7.11 Å². The number of aromatic nitrogens is 3. The summed E-state index contributed by atoms with van der Waals surface area (Å²) in [5.74, 6) is 0.358. The standard InChI is InChI=1S/C15H19N3O3/c1-3-7-13-14(15(19)20-2)16-17-18(13)10-11-21-12-8-5-4-6-9-12/h4-6,8-9H,3,7,10-11H2,1-2H3. The van der Waals surface area contributed by atoms with Gasteiger partial charge in [-0.1, -0.05) is 36.8 Å². The van der Waals surface area contributed by atoms with Crippen molar-refractivity contribution in [1.29, 1.82) is 0 Å². The number of hydrogen-bond donors (Lipinski definition) is 0. The number of carbonyl (C=O) groups excluding carboxylic acids is 1. The Hall–Kier alpha value is -2.37. The van der Waals surface area contributed by atoms with Crippen LogP contribution in [-0.2, 0) is 17.7 Å². The van der Waals surface area contributed by atoms with Crippen molar-refractivity contribution in [3.05, 3.63) is 41.7 Å². The van der Waals surface area contributed by atoms with Crippen LogP contribution in [0.15, 0.2) is 30.3 Å². The fraction of sp³-hybridized carbons (Fsp3) is 0.400. The van der Waals surface area contributed by atoms with Crippen LogP contribution in [0.5, 0.6) is 5.75 Å². The molecule has 112 valence electrons. The summed E-state index contributed by atoms with van der Waals surface area (Å²) in [4.78, 5) is 11.6. The first-order chi connectivity index (χ1) is 10.3. The summed E-state index contributed by atoms with van der Waals surface area (Å²) in [5.41, 5.74) is 1.08. The highest BCUT2D eigenvalue weighted by Crippen LogP contribution is 2.11. The summed E-state index contributed by atoms with van der Waals surface area (Å²) in [5, 5.41) is 7.93. The van der Waals surface area contributed by atoms with Gasteiger partial charge < -0.3 is 9.47 Å². The highest BCUT2D eigenvalue weighted by molar-refractivity contribution is 5.88. The molecular formula is C15H19N3O3. The van der Waals surface area contributed by atoms with Crippen LogP contribution in [0, 0.1) is 0 Å². The van der Waals surface area contributed by atoms with Crippen molar-refractivity contribution >= 4 is 5.97 Å². The van der Waals surface area contributed by atoms with Gasteiger partial charge in [0, 0.05) is 0 Å². The molecule has 0 unspecified atom stereocenters. The average molecular weight is 289 g/mol. The molecule has 0 spiro atoms. The molecule has 1 aromatic carbocycles. The van der Waals surface area contributed by atoms with Crippen molar-refractivity contribution in [2.75, 3.05) is 13.7 Å². The van der Waals surface area contributed by atoms with Crippen LogP contribution in [0.4, 0.5) is 0 Å². The SMILES string of the molecule is CCCc1c(C(=O)OC)nnn1CCOc1ccccc1. The van der Waals surface area contributed by atoms with E-state index >= 15 is 0 Å². The smallest absolute Gasteiger partial charge is 0.360 e. The van der Waals surface area contributed by atoms with Gasteiger partial charge >= 0.3 is 5.97 Å². The maximum absolute atomic E-state index is 11.6. The van der Waals surface area contributed by atoms with Crippen molar-refractivity contribution in [2.45, 2.75) is 26.3 Å². The normalized spacial score (nSPS) is 10.4. The summed E-state index contributed by atoms with van der Waals surface area (Å²) in [6, 6.07) is 9.57. The molecule has 6 heteroatoms. The molecule has 0 N–H and O–H groups in total. The molecule has 0 radical (unpaired) electrons. The van der Waals surface area contributed by atoms with Crippen molar-refractivity contribution in [3.63, 3.8) is 0 Å². The number of para-hydroxylation sites is 1. The van der Waals surface area contributed by atoms with Crippen molar-refractivity contribution in [2.24, 2.45) is 0 Å². The van der Waals surface area contributed by atoms with Gasteiger partial charge in [0.2, 0.25) is 0 Å². The first kappa shape index (κ1) is 15.0. The van der Waals surface area contributed by atoms with Gasteiger partial charge in [-0.05, 0) is 18.6 Å². The maximum atomic E-state index is 11.6. The highest BCUT2D eigenvalue weighted by atomic mass is 16.5. The molecule has 21 heavy (non-hydrogen) atoms. The Morgan fingerprint density at radius 1 is 1.29 bits per heavy atom. The molecule has 0 saturated heterocycles. The number of nitrogens with zero attached hydrogens (tertiary/aromatic N) is 3. The Labute approximate surface area is 123 Å². The van der Waals surface area contributed by atoms with Gasteiger partial charge in [0.1, 0.15) is 12.4 Å². The lowest BCUT2D eigenvalue weighted by Gasteiger charge is -2.08. The quantitative estimate of drug-likeness (QED) is 0.730. The van der Waals surface area contributed by atoms with Gasteiger partial charge in [-0.3, -0.25) is 0 Å². The van der Waals surface area contributed by atoms with Crippen molar-refractivity contribution < 1.29 is 14.3 Å². The van der Waals surface area contributed by atoms with Gasteiger partial charge in [-0.2, -0.15) is 0 Å². The predicted molar refractivity (Wildman–Crippen MR) is 77.3 cm³/mol. The van der Waals surface area contributed by atoms with E-state index in [1.54, 1.807) is 4.68 Å². The van der Waals surface area contributed by atoms with Crippen molar-refractivity contribution in [3.8, 4) is 5.75 Å². The number of benzene rings is 1. The fourth-order valence-electron chi connectivity index (χ4n) is 2.02. The third-order valence-electron chi connectivity index (χ3n) is 3.02. The number of methoxy groups -OCH3 is 1. The molecule has 2 aromatic rings. The molecule has 1 heterocycles. The summed E-state index contributed by atoms with van der Waals surface area (Å²) in [6.07, 6.45) is 1.62. The molecule has 2 rings (SSSR count). The summed E-state index contributed by atoms with van der Waals surface area (Å²) in [7, 11) is 1.34. The molecule has 0 bridgehead atoms. The molecule has 0 aliphatic carbocycles. The Bertz CT molecular complexity index is 581. The first-order valence-electron chi connectivity index (χ1n) is 6.94. The van der Waals surface area contributed by atoms with E-state index < -0.39 is 5.97 Å². The van der Waals surface area contributed by atoms with Gasteiger partial charge in [-0.25, -0.2) is 9.48 Å². The van der Waals surface area contributed by atoms with E-state index in [9.17, 15) is 4.79 Å². The minimum Gasteiger partial charge on any atom is -0.492 e. The lowest BCUT2D eigenvalue weighted by Crippen LogP contribution is -2.14. The number of hydrogen-bond acceptors (Lipinski definition) is 5. The summed E-state index contributed by atoms with van der Waals surface area (Å²) < 4.78 is 12.1. The van der Waals surface area contributed by atoms with Crippen LogP contribution in [0.25, 0.3) is 0 Å². The van der Waals surface area contributed by atoms with Crippen LogP contribution < -0.4 is 4.74 Å². The van der Waals surface area contributed by atoms with Gasteiger partial charge in [0.25, 0.3) is 0 Å². The minimum atomic E-state index is -0.450. The van der Waals surface area contributed by atoms with E-state index in [-0.39, 0.29) is 0 Å². The molecule has 0 amide bonds. The Morgan fingerprint density at radius 3 is 2.71 bits per heavy atom. The van der Waals surface area contributed by atoms with Gasteiger partial charge in [0.15, 0.2) is 5.69 Å². The number of rotatable bonds is 7. The Kier molecular flexibility index (Phi) is 5.31. The average Bonchev–Trinajstić information content (AvgIpc) is 2.91. The van der Waals surface area contributed by atoms with Crippen LogP contribution in [0.2, 0.25) is 0 Å². The van der Waals surface area contributed by atoms with E-state index in [1.807, 2.05) is 37.3 Å². The lowest BCUT2D eigenvalue weighted by atomic mass is 10.2. The van der Waals surface area contributed by atoms with Gasteiger partial charge in [0.05, 0.1) is 19.3 Å². The zero-order chi connectivity index (χ0) is 15.1. The first-order valence-corrected chi connectivity index (χ1v) is 6.94. The molecule has 0 saturated carbocycles. The Morgan fingerprint density at radius 2 is 2.05 bits per heavy atom. The number of esters is 1. The molecule has 0 aliphatic heterocycles. The third kappa shape index (κ3) is 3.81. The summed E-state index contributed by atoms with van der Waals surface area (Å²) >= 11 is 0. The topological polar surface area (TPSA) is 66.2 Å². The van der Waals surface area contributed by atoms with Crippen molar-refractivity contribution in [1.82, 2.24) is 15.0 Å². The largest absolute Gasteiger partial charge is 0.492 e. The van der Waals surface area contributed by atoms with Crippen LogP contribution in [0.1, 0.15) is 29.5 Å². The molecular weight excluding hydrogens is 270 g/mol. The van der Waals surface area contributed by atoms with E-state index in [4.69, 9.17) is 9.47 Å². The second kappa shape index (κ2) is 7.42. The maximum Gasteiger partial charge on any atom is 0.360 e. The second-order valence-corrected chi connectivity index (χ2v) is 4.51. The minimum absolute atomic E-state index is 0.291. The molecule has 0 atom stereocenters. The van der Waals surface area contributed by atoms with Crippen LogP contribution in [-0.4, -0.2) is 34.7 Å². The number of ether oxygens (including phenoxy) is 2. The van der Waals surface area contributed by atoms with E-state index in [0.717, 1.165) is 24.3 Å². The molecule has 0 aliphatic rings. The fourth-order valence-corrected chi connectivity index (χ4v) is 2.02. The van der Waals surface area contributed by atoms with Crippen LogP contribution in [0.3, 0.4) is 0 Å². The Balaban J connectivity index is 2.02. The predicted octanol–water partition coefficient (Wildman–Crippen LogP) is 2.10. The van der Waals surface area contributed by atoms with Gasteiger partial charge in [-0.15, -0.1) is 5.10 Å². The van der Waals surface area contributed by atoms with E-state index in [0.29, 0.717) is 18.8 Å². The van der Waals surface area contributed by atoms with Crippen LogP contribution >= 0.6 is 0 Å². The highest BCUT2D eigenvalue weighted by Gasteiger charge is 2.19.